The maximum Gasteiger partial charge on any atom is 0.0621 e. The Morgan fingerprint density at radius 2 is 1.80 bits per heavy atom. The summed E-state index contributed by atoms with van der Waals surface area (Å²) in [6.07, 6.45) is 1.62. The van der Waals surface area contributed by atoms with Crippen molar-refractivity contribution in [3.05, 3.63) is 0 Å². The number of hydrogen-bond donors (Lipinski definition) is 2. The third-order valence-corrected chi connectivity index (χ3v) is 2.22. The van der Waals surface area contributed by atoms with Crippen LogP contribution in [0.4, 0.5) is 0 Å². The van der Waals surface area contributed by atoms with Gasteiger partial charge in [0.25, 0.3) is 0 Å². The number of fused-ring (bicyclic) bond motifs is 2. The Kier molecular flexibility index (Phi) is 1.64. The van der Waals surface area contributed by atoms with E-state index in [-0.39, 0.29) is 6.10 Å². The van der Waals surface area contributed by atoms with Crippen LogP contribution in [0.3, 0.4) is 0 Å². The molecule has 0 aromatic heterocycles. The Morgan fingerprint density at radius 3 is 2.40 bits per heavy atom. The minimum Gasteiger partial charge on any atom is -0.393 e. The Labute approximate surface area is 60.4 Å². The number of ether oxygens (including phenoxy) is 1. The number of morpholine rings is 1. The van der Waals surface area contributed by atoms with Crippen molar-refractivity contribution in [1.29, 1.82) is 0 Å². The largest absolute Gasteiger partial charge is 0.393 e. The third kappa shape index (κ3) is 1.17. The summed E-state index contributed by atoms with van der Waals surface area (Å²) in [4.78, 5) is 0. The van der Waals surface area contributed by atoms with Gasteiger partial charge in [-0.25, -0.2) is 0 Å². The topological polar surface area (TPSA) is 41.5 Å². The van der Waals surface area contributed by atoms with Crippen molar-refractivity contribution in [2.45, 2.75) is 31.0 Å². The number of nitrogens with one attached hydrogen (secondary N) is 1. The molecule has 2 bridgehead atoms. The van der Waals surface area contributed by atoms with Crippen LogP contribution in [0.5, 0.6) is 0 Å². The van der Waals surface area contributed by atoms with E-state index in [2.05, 4.69) is 5.32 Å². The van der Waals surface area contributed by atoms with Gasteiger partial charge in [-0.2, -0.15) is 0 Å². The Morgan fingerprint density at radius 1 is 1.20 bits per heavy atom. The lowest BCUT2D eigenvalue weighted by molar-refractivity contribution is -0.0193. The smallest absolute Gasteiger partial charge is 0.0621 e. The van der Waals surface area contributed by atoms with E-state index in [0.29, 0.717) is 12.1 Å². The molecule has 58 valence electrons. The van der Waals surface area contributed by atoms with Crippen LogP contribution in [0.25, 0.3) is 0 Å². The summed E-state index contributed by atoms with van der Waals surface area (Å²) in [5, 5.41) is 12.7. The SMILES string of the molecule is OC1C[C@H]2COC[C@@H](C1)N2. The maximum atomic E-state index is 9.32. The average molecular weight is 143 g/mol. The Hall–Kier alpha value is -0.120. The van der Waals surface area contributed by atoms with E-state index in [4.69, 9.17) is 4.74 Å². The van der Waals surface area contributed by atoms with Crippen molar-refractivity contribution in [1.82, 2.24) is 5.32 Å². The predicted molar refractivity (Wildman–Crippen MR) is 36.8 cm³/mol. The zero-order chi connectivity index (χ0) is 6.97. The number of rotatable bonds is 0. The van der Waals surface area contributed by atoms with Gasteiger partial charge in [0.2, 0.25) is 0 Å². The molecule has 2 saturated heterocycles. The van der Waals surface area contributed by atoms with Gasteiger partial charge in [-0.15, -0.1) is 0 Å². The number of aliphatic hydroxyl groups is 1. The van der Waals surface area contributed by atoms with Crippen molar-refractivity contribution in [3.63, 3.8) is 0 Å². The standard InChI is InChI=1S/C7H13NO2/c9-7-1-5-3-10-4-6(2-7)8-5/h5-9H,1-4H2/t5-,6+,7?. The van der Waals surface area contributed by atoms with Crippen molar-refractivity contribution in [2.24, 2.45) is 0 Å². The Balaban J connectivity index is 1.98. The molecule has 1 unspecified atom stereocenters. The van der Waals surface area contributed by atoms with E-state index in [1.165, 1.54) is 0 Å². The minimum absolute atomic E-state index is 0.0971. The van der Waals surface area contributed by atoms with Gasteiger partial charge < -0.3 is 15.2 Å². The molecule has 3 atom stereocenters. The number of aliphatic hydroxyl groups excluding tert-OH is 1. The zero-order valence-electron chi connectivity index (χ0n) is 5.92. The third-order valence-electron chi connectivity index (χ3n) is 2.22. The van der Waals surface area contributed by atoms with E-state index in [0.717, 1.165) is 26.1 Å². The lowest BCUT2D eigenvalue weighted by Crippen LogP contribution is -2.55. The van der Waals surface area contributed by atoms with Gasteiger partial charge in [-0.1, -0.05) is 0 Å². The molecule has 0 aliphatic carbocycles. The molecule has 10 heavy (non-hydrogen) atoms. The number of piperidine rings is 1. The quantitative estimate of drug-likeness (QED) is 0.480. The molecule has 2 aliphatic rings. The highest BCUT2D eigenvalue weighted by atomic mass is 16.5. The van der Waals surface area contributed by atoms with E-state index in [1.807, 2.05) is 0 Å². The molecule has 0 radical (unpaired) electrons. The first-order valence-corrected chi connectivity index (χ1v) is 3.86. The van der Waals surface area contributed by atoms with Crippen molar-refractivity contribution >= 4 is 0 Å². The van der Waals surface area contributed by atoms with Crippen LogP contribution < -0.4 is 5.32 Å². The average Bonchev–Trinajstić information content (AvgIpc) is 1.85. The molecule has 0 spiro atoms. The molecule has 2 rings (SSSR count). The van der Waals surface area contributed by atoms with Crippen LogP contribution in [-0.4, -0.2) is 36.5 Å². The molecule has 0 aromatic rings. The van der Waals surface area contributed by atoms with Gasteiger partial charge in [0.1, 0.15) is 0 Å². The molecule has 2 N–H and O–H groups in total. The van der Waals surface area contributed by atoms with Crippen molar-refractivity contribution < 1.29 is 9.84 Å². The second-order valence-corrected chi connectivity index (χ2v) is 3.22. The fraction of sp³-hybridized carbons (Fsp3) is 1.00. The molecule has 3 heteroatoms. The van der Waals surface area contributed by atoms with Crippen molar-refractivity contribution in [3.8, 4) is 0 Å². The first-order valence-electron chi connectivity index (χ1n) is 3.86. The molecule has 0 saturated carbocycles. The molecular weight excluding hydrogens is 130 g/mol. The predicted octanol–water partition coefficient (Wildman–Crippen LogP) is -0.502. The first-order chi connectivity index (χ1) is 4.84. The highest BCUT2D eigenvalue weighted by Crippen LogP contribution is 2.17. The highest BCUT2D eigenvalue weighted by Gasteiger charge is 2.30. The monoisotopic (exact) mass is 143 g/mol. The summed E-state index contributed by atoms with van der Waals surface area (Å²) in [6.45, 7) is 1.54. The van der Waals surface area contributed by atoms with Crippen molar-refractivity contribution in [2.75, 3.05) is 13.2 Å². The summed E-state index contributed by atoms with van der Waals surface area (Å²) in [6, 6.07) is 0.810. The fourth-order valence-electron chi connectivity index (χ4n) is 1.81. The molecule has 2 aliphatic heterocycles. The van der Waals surface area contributed by atoms with Gasteiger partial charge in [0.15, 0.2) is 0 Å². The second-order valence-electron chi connectivity index (χ2n) is 3.22. The van der Waals surface area contributed by atoms with Crippen LogP contribution in [0.1, 0.15) is 12.8 Å². The summed E-state index contributed by atoms with van der Waals surface area (Å²) in [5.74, 6) is 0. The van der Waals surface area contributed by atoms with Gasteiger partial charge in [-0.05, 0) is 12.8 Å². The lowest BCUT2D eigenvalue weighted by Gasteiger charge is -2.38. The van der Waals surface area contributed by atoms with E-state index >= 15 is 0 Å². The van der Waals surface area contributed by atoms with Crippen LogP contribution in [0, 0.1) is 0 Å². The highest BCUT2D eigenvalue weighted by molar-refractivity contribution is 4.87. The summed E-state index contributed by atoms with van der Waals surface area (Å²) in [7, 11) is 0. The molecule has 0 aromatic carbocycles. The van der Waals surface area contributed by atoms with Crippen LogP contribution in [0.15, 0.2) is 0 Å². The molecule has 3 nitrogen and oxygen atoms in total. The molecule has 2 heterocycles. The Bertz CT molecular complexity index is 113. The summed E-state index contributed by atoms with van der Waals surface area (Å²) < 4.78 is 5.31. The molecule has 2 fully saturated rings. The normalized spacial score (nSPS) is 47.1. The first kappa shape index (κ1) is 6.58. The molecule has 0 amide bonds. The summed E-state index contributed by atoms with van der Waals surface area (Å²) in [5.41, 5.74) is 0. The van der Waals surface area contributed by atoms with E-state index in [1.54, 1.807) is 0 Å². The number of hydrogen-bond acceptors (Lipinski definition) is 3. The summed E-state index contributed by atoms with van der Waals surface area (Å²) >= 11 is 0. The van der Waals surface area contributed by atoms with Gasteiger partial charge in [0.05, 0.1) is 19.3 Å². The van der Waals surface area contributed by atoms with Gasteiger partial charge >= 0.3 is 0 Å². The van der Waals surface area contributed by atoms with Crippen LogP contribution in [-0.2, 0) is 4.74 Å². The fourth-order valence-corrected chi connectivity index (χ4v) is 1.81. The lowest BCUT2D eigenvalue weighted by atomic mass is 9.95. The maximum absolute atomic E-state index is 9.32. The molecular formula is C7H13NO2. The van der Waals surface area contributed by atoms with Crippen LogP contribution in [0.2, 0.25) is 0 Å². The van der Waals surface area contributed by atoms with Crippen LogP contribution >= 0.6 is 0 Å². The van der Waals surface area contributed by atoms with Gasteiger partial charge in [-0.3, -0.25) is 0 Å². The second kappa shape index (κ2) is 2.49. The van der Waals surface area contributed by atoms with E-state index in [9.17, 15) is 5.11 Å². The van der Waals surface area contributed by atoms with Gasteiger partial charge in [0, 0.05) is 12.1 Å². The minimum atomic E-state index is -0.0971. The zero-order valence-corrected chi connectivity index (χ0v) is 5.92. The van der Waals surface area contributed by atoms with E-state index < -0.39 is 0 Å².